The van der Waals surface area contributed by atoms with Gasteiger partial charge in [0.1, 0.15) is 12.6 Å². The molecule has 0 saturated carbocycles. The van der Waals surface area contributed by atoms with E-state index in [1.54, 1.807) is 6.92 Å². The van der Waals surface area contributed by atoms with Gasteiger partial charge in [0.25, 0.3) is 0 Å². The van der Waals surface area contributed by atoms with Crippen molar-refractivity contribution >= 4 is 62.8 Å². The molecule has 1 aromatic carbocycles. The molecule has 1 atom stereocenters. The molecule has 1 amide bonds. The van der Waals surface area contributed by atoms with Crippen LogP contribution in [0.2, 0.25) is 0 Å². The van der Waals surface area contributed by atoms with Gasteiger partial charge >= 0.3 is 12.1 Å². The number of hydrogen-bond acceptors (Lipinski definition) is 5. The number of hydrogen-bond donors (Lipinski definition) is 2. The van der Waals surface area contributed by atoms with Gasteiger partial charge in [-0.05, 0) is 18.6 Å². The molecule has 0 spiro atoms. The first-order chi connectivity index (χ1) is 12.9. The molecule has 0 saturated heterocycles. The van der Waals surface area contributed by atoms with Gasteiger partial charge in [0.15, 0.2) is 11.5 Å². The Balaban J connectivity index is 3.22. The normalized spacial score (nSPS) is 12.0. The molecule has 0 aliphatic carbocycles. The van der Waals surface area contributed by atoms with Crippen LogP contribution in [0, 0.1) is 19.3 Å². The van der Waals surface area contributed by atoms with Crippen molar-refractivity contribution in [3.05, 3.63) is 21.7 Å². The third kappa shape index (κ3) is 6.52. The fourth-order valence-electron chi connectivity index (χ4n) is 2.40. The Hall–Kier alpha value is -1.53. The number of ether oxygens (including phenoxy) is 2. The van der Waals surface area contributed by atoms with Crippen molar-refractivity contribution in [2.24, 2.45) is 0 Å². The second-order valence-electron chi connectivity index (χ2n) is 5.59. The van der Waals surface area contributed by atoms with Crippen molar-refractivity contribution in [3.63, 3.8) is 0 Å². The Bertz CT molecular complexity index is 791. The van der Waals surface area contributed by atoms with E-state index in [0.29, 0.717) is 15.6 Å². The molecule has 0 aromatic heterocycles. The SMILES string of the molecule is C#CCN(C(=O)OCC(Cl)(Cl)Cl)[C@@H](Cc1cc(O)c(OC)c(C)c1Br)C(=O)O. The Morgan fingerprint density at radius 2 is 2.04 bits per heavy atom. The molecule has 2 N–H and O–H groups in total. The molecule has 0 heterocycles. The number of rotatable bonds is 7. The van der Waals surface area contributed by atoms with Gasteiger partial charge in [0.2, 0.25) is 3.79 Å². The van der Waals surface area contributed by atoms with E-state index in [1.165, 1.54) is 13.2 Å². The topological polar surface area (TPSA) is 96.3 Å². The van der Waals surface area contributed by atoms with Crippen LogP contribution in [0.5, 0.6) is 11.5 Å². The van der Waals surface area contributed by atoms with Crippen LogP contribution in [0.25, 0.3) is 0 Å². The number of alkyl halides is 3. The number of terminal acetylenes is 1. The van der Waals surface area contributed by atoms with Crippen molar-refractivity contribution < 1.29 is 29.3 Å². The monoisotopic (exact) mass is 515 g/mol. The maximum atomic E-state index is 12.3. The zero-order valence-electron chi connectivity index (χ0n) is 14.8. The predicted molar refractivity (Wildman–Crippen MR) is 109 cm³/mol. The number of carboxylic acid groups (broad SMARTS) is 1. The fourth-order valence-corrected chi connectivity index (χ4v) is 3.02. The summed E-state index contributed by atoms with van der Waals surface area (Å²) in [5.41, 5.74) is 0.975. The van der Waals surface area contributed by atoms with Crippen LogP contribution >= 0.6 is 50.7 Å². The average molecular weight is 518 g/mol. The number of carbonyl (C=O) groups excluding carboxylic acids is 1. The number of methoxy groups -OCH3 is 1. The molecule has 1 rings (SSSR count). The van der Waals surface area contributed by atoms with Gasteiger partial charge in [-0.2, -0.15) is 0 Å². The van der Waals surface area contributed by atoms with E-state index in [1.807, 2.05) is 0 Å². The van der Waals surface area contributed by atoms with Crippen LogP contribution in [-0.2, 0) is 16.0 Å². The lowest BCUT2D eigenvalue weighted by Crippen LogP contribution is -2.47. The molecule has 11 heteroatoms. The first kappa shape index (κ1) is 24.5. The Morgan fingerprint density at radius 1 is 1.43 bits per heavy atom. The maximum absolute atomic E-state index is 12.3. The molecular weight excluding hydrogens is 500 g/mol. The zero-order valence-corrected chi connectivity index (χ0v) is 18.7. The highest BCUT2D eigenvalue weighted by molar-refractivity contribution is 9.10. The van der Waals surface area contributed by atoms with Crippen molar-refractivity contribution in [1.82, 2.24) is 4.90 Å². The van der Waals surface area contributed by atoms with Crippen LogP contribution in [0.4, 0.5) is 4.79 Å². The molecule has 0 fully saturated rings. The van der Waals surface area contributed by atoms with Gasteiger partial charge in [-0.25, -0.2) is 9.59 Å². The number of benzene rings is 1. The number of nitrogens with zero attached hydrogens (tertiary/aromatic N) is 1. The van der Waals surface area contributed by atoms with Crippen LogP contribution in [0.15, 0.2) is 10.5 Å². The molecule has 0 radical (unpaired) electrons. The highest BCUT2D eigenvalue weighted by Gasteiger charge is 2.33. The lowest BCUT2D eigenvalue weighted by atomic mass is 10.0. The number of aromatic hydroxyl groups is 1. The summed E-state index contributed by atoms with van der Waals surface area (Å²) >= 11 is 20.0. The summed E-state index contributed by atoms with van der Waals surface area (Å²) in [4.78, 5) is 25.0. The van der Waals surface area contributed by atoms with E-state index in [-0.39, 0.29) is 24.5 Å². The third-order valence-electron chi connectivity index (χ3n) is 3.63. The van der Waals surface area contributed by atoms with E-state index in [4.69, 9.17) is 50.7 Å². The number of halogens is 4. The molecule has 1 aromatic rings. The largest absolute Gasteiger partial charge is 0.504 e. The Labute approximate surface area is 185 Å². The van der Waals surface area contributed by atoms with Gasteiger partial charge < -0.3 is 19.7 Å². The van der Waals surface area contributed by atoms with Gasteiger partial charge in [-0.1, -0.05) is 56.7 Å². The molecule has 0 bridgehead atoms. The van der Waals surface area contributed by atoms with Gasteiger partial charge in [-0.3, -0.25) is 4.90 Å². The number of carboxylic acids is 1. The summed E-state index contributed by atoms with van der Waals surface area (Å²) in [6.07, 6.45) is 4.02. The van der Waals surface area contributed by atoms with Crippen LogP contribution in [0.1, 0.15) is 11.1 Å². The van der Waals surface area contributed by atoms with Crippen LogP contribution in [0.3, 0.4) is 0 Å². The molecule has 0 aliphatic rings. The number of phenolic OH excluding ortho intramolecular Hbond substituents is 1. The summed E-state index contributed by atoms with van der Waals surface area (Å²) in [5, 5.41) is 19.7. The molecule has 7 nitrogen and oxygen atoms in total. The van der Waals surface area contributed by atoms with Crippen LogP contribution in [-0.4, -0.2) is 57.3 Å². The minimum absolute atomic E-state index is 0.176. The van der Waals surface area contributed by atoms with E-state index in [9.17, 15) is 19.8 Å². The second-order valence-corrected chi connectivity index (χ2v) is 8.90. The minimum atomic E-state index is -1.86. The summed E-state index contributed by atoms with van der Waals surface area (Å²) in [6.45, 7) is 0.737. The van der Waals surface area contributed by atoms with E-state index in [2.05, 4.69) is 21.9 Å². The number of carbonyl (C=O) groups is 2. The lowest BCUT2D eigenvalue weighted by molar-refractivity contribution is -0.142. The highest BCUT2D eigenvalue weighted by Crippen LogP contribution is 2.38. The summed E-state index contributed by atoms with van der Waals surface area (Å²) < 4.78 is 8.62. The third-order valence-corrected chi connectivity index (χ3v) is 5.06. The molecular formula is C17H17BrCl3NO6. The lowest BCUT2D eigenvalue weighted by Gasteiger charge is -2.28. The Morgan fingerprint density at radius 3 is 2.50 bits per heavy atom. The van der Waals surface area contributed by atoms with Crippen molar-refractivity contribution in [3.8, 4) is 23.8 Å². The van der Waals surface area contributed by atoms with Crippen molar-refractivity contribution in [1.29, 1.82) is 0 Å². The zero-order chi connectivity index (χ0) is 21.6. The van der Waals surface area contributed by atoms with E-state index in [0.717, 1.165) is 4.90 Å². The van der Waals surface area contributed by atoms with Crippen molar-refractivity contribution in [2.45, 2.75) is 23.2 Å². The second kappa shape index (κ2) is 10.3. The molecule has 0 unspecified atom stereocenters. The summed E-state index contributed by atoms with van der Waals surface area (Å²) in [5.74, 6) is 0.936. The Kier molecular flexibility index (Phi) is 9.02. The number of phenols is 1. The quantitative estimate of drug-likeness (QED) is 0.421. The summed E-state index contributed by atoms with van der Waals surface area (Å²) in [6, 6.07) is -0.0607. The smallest absolute Gasteiger partial charge is 0.411 e. The van der Waals surface area contributed by atoms with Gasteiger partial charge in [0, 0.05) is 16.5 Å². The minimum Gasteiger partial charge on any atom is -0.504 e. The standard InChI is InChI=1S/C17H17BrCl3NO6/c1-4-5-22(16(26)28-8-17(19,20)21)11(15(24)25)6-10-7-12(23)14(27-3)9(2)13(10)18/h1,7,11,23H,5-6,8H2,2-3H3,(H,24,25)/t11-/m0/s1. The first-order valence-corrected chi connectivity index (χ1v) is 9.57. The molecule has 154 valence electrons. The van der Waals surface area contributed by atoms with E-state index >= 15 is 0 Å². The predicted octanol–water partition coefficient (Wildman–Crippen LogP) is 3.91. The maximum Gasteiger partial charge on any atom is 0.411 e. The average Bonchev–Trinajstić information content (AvgIpc) is 2.59. The summed E-state index contributed by atoms with van der Waals surface area (Å²) in [7, 11) is 1.39. The van der Waals surface area contributed by atoms with Gasteiger partial charge in [-0.15, -0.1) is 6.42 Å². The van der Waals surface area contributed by atoms with Crippen molar-refractivity contribution in [2.75, 3.05) is 20.3 Å². The fraction of sp³-hybridized carbons (Fsp3) is 0.412. The number of aliphatic carboxylic acids is 1. The highest BCUT2D eigenvalue weighted by atomic mass is 79.9. The van der Waals surface area contributed by atoms with E-state index < -0.39 is 28.5 Å². The number of amides is 1. The first-order valence-electron chi connectivity index (χ1n) is 7.64. The molecule has 28 heavy (non-hydrogen) atoms. The van der Waals surface area contributed by atoms with Crippen LogP contribution < -0.4 is 4.74 Å². The van der Waals surface area contributed by atoms with Gasteiger partial charge in [0.05, 0.1) is 13.7 Å². The molecule has 0 aliphatic heterocycles.